The van der Waals surface area contributed by atoms with E-state index in [-0.39, 0.29) is 5.91 Å². The van der Waals surface area contributed by atoms with E-state index in [9.17, 15) is 10.1 Å². The molecule has 0 spiro atoms. The number of anilines is 1. The van der Waals surface area contributed by atoms with Crippen molar-refractivity contribution in [3.63, 3.8) is 0 Å². The lowest BCUT2D eigenvalue weighted by Crippen LogP contribution is -2.32. The number of nitrogens with one attached hydrogen (secondary N) is 1. The minimum absolute atomic E-state index is 0.228. The molecule has 1 amide bonds. The topological polar surface area (TPSA) is 75.0 Å². The van der Waals surface area contributed by atoms with Crippen LogP contribution in [0.25, 0.3) is 10.2 Å². The predicted octanol–water partition coefficient (Wildman–Crippen LogP) is 3.33. The molecule has 0 saturated heterocycles. The molecule has 1 aromatic carbocycles. The van der Waals surface area contributed by atoms with Crippen LogP contribution in [0.5, 0.6) is 5.75 Å². The van der Waals surface area contributed by atoms with Crippen LogP contribution < -0.4 is 10.1 Å². The molecule has 0 atom stereocenters. The molecule has 5 nitrogen and oxygen atoms in total. The Balaban J connectivity index is 1.85. The van der Waals surface area contributed by atoms with E-state index in [0.29, 0.717) is 18.0 Å². The lowest BCUT2D eigenvalue weighted by molar-refractivity contribution is -0.122. The number of fused-ring (bicyclic) bond motifs is 1. The summed E-state index contributed by atoms with van der Waals surface area (Å²) in [4.78, 5) is 16.8. The van der Waals surface area contributed by atoms with Gasteiger partial charge in [0.15, 0.2) is 5.13 Å². The molecular formula is C15H15N3O2S. The van der Waals surface area contributed by atoms with E-state index in [4.69, 9.17) is 4.74 Å². The Kier molecular flexibility index (Phi) is 3.52. The second kappa shape index (κ2) is 5.34. The standard InChI is InChI=1S/C15H15N3O2S/c1-20-10-4-5-11-12(8-10)21-14(17-11)18-13(19)15(9-16)6-2-3-7-15/h4-5,8H,2-3,6-7H2,1H3,(H,17,18,19). The Morgan fingerprint density at radius 1 is 1.48 bits per heavy atom. The first-order valence-corrected chi connectivity index (χ1v) is 7.66. The van der Waals surface area contributed by atoms with E-state index < -0.39 is 5.41 Å². The van der Waals surface area contributed by atoms with Crippen LogP contribution >= 0.6 is 11.3 Å². The summed E-state index contributed by atoms with van der Waals surface area (Å²) in [7, 11) is 1.61. The Labute approximate surface area is 126 Å². The molecule has 1 aliphatic rings. The van der Waals surface area contributed by atoms with Crippen molar-refractivity contribution >= 4 is 32.6 Å². The van der Waals surface area contributed by atoms with Gasteiger partial charge in [0.05, 0.1) is 23.4 Å². The summed E-state index contributed by atoms with van der Waals surface area (Å²) < 4.78 is 6.12. The number of carbonyl (C=O) groups is 1. The zero-order valence-electron chi connectivity index (χ0n) is 11.7. The molecule has 1 saturated carbocycles. The highest BCUT2D eigenvalue weighted by Gasteiger charge is 2.41. The molecule has 0 unspecified atom stereocenters. The van der Waals surface area contributed by atoms with E-state index in [1.807, 2.05) is 18.2 Å². The van der Waals surface area contributed by atoms with Crippen LogP contribution in [0.1, 0.15) is 25.7 Å². The van der Waals surface area contributed by atoms with Crippen molar-refractivity contribution in [3.8, 4) is 11.8 Å². The van der Waals surface area contributed by atoms with Gasteiger partial charge in [-0.3, -0.25) is 4.79 Å². The molecule has 2 aromatic rings. The zero-order chi connectivity index (χ0) is 14.9. The Bertz CT molecular complexity index is 726. The minimum atomic E-state index is -0.879. The smallest absolute Gasteiger partial charge is 0.246 e. The van der Waals surface area contributed by atoms with Crippen LogP contribution in [0.2, 0.25) is 0 Å². The maximum Gasteiger partial charge on any atom is 0.246 e. The number of nitriles is 1. The SMILES string of the molecule is COc1ccc2nc(NC(=O)C3(C#N)CCCC3)sc2c1. The molecule has 1 N–H and O–H groups in total. The number of amides is 1. The van der Waals surface area contributed by atoms with Gasteiger partial charge < -0.3 is 10.1 Å². The molecule has 6 heteroatoms. The van der Waals surface area contributed by atoms with Gasteiger partial charge in [-0.05, 0) is 31.0 Å². The van der Waals surface area contributed by atoms with Gasteiger partial charge in [0, 0.05) is 0 Å². The summed E-state index contributed by atoms with van der Waals surface area (Å²) in [5.41, 5.74) is -0.0660. The third-order valence-electron chi connectivity index (χ3n) is 3.92. The fraction of sp³-hybridized carbons (Fsp3) is 0.400. The number of carbonyl (C=O) groups excluding carboxylic acids is 1. The maximum atomic E-state index is 12.4. The molecule has 0 bridgehead atoms. The normalized spacial score (nSPS) is 16.6. The summed E-state index contributed by atoms with van der Waals surface area (Å²) in [6.45, 7) is 0. The first-order valence-electron chi connectivity index (χ1n) is 6.84. The molecule has 1 heterocycles. The van der Waals surface area contributed by atoms with Gasteiger partial charge in [-0.1, -0.05) is 24.2 Å². The number of hydrogen-bond acceptors (Lipinski definition) is 5. The van der Waals surface area contributed by atoms with Crippen molar-refractivity contribution in [1.82, 2.24) is 4.98 Å². The molecule has 0 radical (unpaired) electrons. The largest absolute Gasteiger partial charge is 0.497 e. The predicted molar refractivity (Wildman–Crippen MR) is 81.3 cm³/mol. The molecule has 1 aromatic heterocycles. The van der Waals surface area contributed by atoms with Crippen molar-refractivity contribution in [2.24, 2.45) is 5.41 Å². The summed E-state index contributed by atoms with van der Waals surface area (Å²) in [5, 5.41) is 12.7. The molecule has 21 heavy (non-hydrogen) atoms. The Morgan fingerprint density at radius 2 is 2.24 bits per heavy atom. The monoisotopic (exact) mass is 301 g/mol. The first kappa shape index (κ1) is 13.8. The average molecular weight is 301 g/mol. The fourth-order valence-electron chi connectivity index (χ4n) is 2.67. The number of rotatable bonds is 3. The molecule has 3 rings (SSSR count). The van der Waals surface area contributed by atoms with Crippen LogP contribution in [0.4, 0.5) is 5.13 Å². The molecular weight excluding hydrogens is 286 g/mol. The molecule has 108 valence electrons. The number of hydrogen-bond donors (Lipinski definition) is 1. The van der Waals surface area contributed by atoms with Crippen LogP contribution in [-0.4, -0.2) is 18.0 Å². The van der Waals surface area contributed by atoms with Crippen molar-refractivity contribution in [3.05, 3.63) is 18.2 Å². The van der Waals surface area contributed by atoms with Gasteiger partial charge in [0.25, 0.3) is 0 Å². The summed E-state index contributed by atoms with van der Waals surface area (Å²) in [6.07, 6.45) is 3.12. The lowest BCUT2D eigenvalue weighted by atomic mass is 9.87. The third-order valence-corrected chi connectivity index (χ3v) is 4.86. The second-order valence-corrected chi connectivity index (χ2v) is 6.24. The van der Waals surface area contributed by atoms with Crippen LogP contribution in [0, 0.1) is 16.7 Å². The van der Waals surface area contributed by atoms with E-state index in [1.165, 1.54) is 11.3 Å². The van der Waals surface area contributed by atoms with Gasteiger partial charge in [-0.25, -0.2) is 4.98 Å². The van der Waals surface area contributed by atoms with Crippen molar-refractivity contribution < 1.29 is 9.53 Å². The van der Waals surface area contributed by atoms with E-state index >= 15 is 0 Å². The highest BCUT2D eigenvalue weighted by molar-refractivity contribution is 7.22. The highest BCUT2D eigenvalue weighted by Crippen LogP contribution is 2.39. The van der Waals surface area contributed by atoms with Crippen LogP contribution in [0.3, 0.4) is 0 Å². The number of thiazole rings is 1. The van der Waals surface area contributed by atoms with Gasteiger partial charge in [-0.15, -0.1) is 0 Å². The fourth-order valence-corrected chi connectivity index (χ4v) is 3.56. The average Bonchev–Trinajstić information content (AvgIpc) is 3.13. The Hall–Kier alpha value is -2.13. The lowest BCUT2D eigenvalue weighted by Gasteiger charge is -2.17. The van der Waals surface area contributed by atoms with Crippen molar-refractivity contribution in [2.45, 2.75) is 25.7 Å². The van der Waals surface area contributed by atoms with Gasteiger partial charge in [0.2, 0.25) is 5.91 Å². The van der Waals surface area contributed by atoms with E-state index in [2.05, 4.69) is 16.4 Å². The number of aromatic nitrogens is 1. The van der Waals surface area contributed by atoms with E-state index in [1.54, 1.807) is 7.11 Å². The number of nitrogens with zero attached hydrogens (tertiary/aromatic N) is 2. The number of benzene rings is 1. The number of ether oxygens (including phenoxy) is 1. The third kappa shape index (κ3) is 2.45. The molecule has 1 aliphatic carbocycles. The first-order chi connectivity index (χ1) is 10.2. The molecule has 0 aliphatic heterocycles. The van der Waals surface area contributed by atoms with Crippen LogP contribution in [0.15, 0.2) is 18.2 Å². The summed E-state index contributed by atoms with van der Waals surface area (Å²) in [5.74, 6) is 0.529. The minimum Gasteiger partial charge on any atom is -0.497 e. The van der Waals surface area contributed by atoms with Gasteiger partial charge >= 0.3 is 0 Å². The summed E-state index contributed by atoms with van der Waals surface area (Å²) >= 11 is 1.39. The molecule has 1 fully saturated rings. The number of methoxy groups -OCH3 is 1. The zero-order valence-corrected chi connectivity index (χ0v) is 12.5. The Morgan fingerprint density at radius 3 is 2.90 bits per heavy atom. The second-order valence-electron chi connectivity index (χ2n) is 5.21. The van der Waals surface area contributed by atoms with Gasteiger partial charge in [-0.2, -0.15) is 5.26 Å². The van der Waals surface area contributed by atoms with Crippen LogP contribution in [-0.2, 0) is 4.79 Å². The van der Waals surface area contributed by atoms with Gasteiger partial charge in [0.1, 0.15) is 11.2 Å². The quantitative estimate of drug-likeness (QED) is 0.943. The maximum absolute atomic E-state index is 12.4. The highest BCUT2D eigenvalue weighted by atomic mass is 32.1. The van der Waals surface area contributed by atoms with Crippen molar-refractivity contribution in [1.29, 1.82) is 5.26 Å². The van der Waals surface area contributed by atoms with Crippen molar-refractivity contribution in [2.75, 3.05) is 12.4 Å². The van der Waals surface area contributed by atoms with E-state index in [0.717, 1.165) is 28.8 Å². The summed E-state index contributed by atoms with van der Waals surface area (Å²) in [6, 6.07) is 7.77.